The van der Waals surface area contributed by atoms with Gasteiger partial charge in [-0.1, -0.05) is 11.6 Å². The van der Waals surface area contributed by atoms with E-state index in [1.807, 2.05) is 0 Å². The first-order chi connectivity index (χ1) is 7.78. The van der Waals surface area contributed by atoms with Gasteiger partial charge in [-0.25, -0.2) is 4.79 Å². The summed E-state index contributed by atoms with van der Waals surface area (Å²) in [4.78, 5) is 11.9. The molecule has 2 N–H and O–H groups in total. The van der Waals surface area contributed by atoms with Gasteiger partial charge in [0, 0.05) is 4.88 Å². The normalized spacial score (nSPS) is 13.2. The van der Waals surface area contributed by atoms with Crippen molar-refractivity contribution in [2.24, 2.45) is 0 Å². The van der Waals surface area contributed by atoms with E-state index < -0.39 is 18.8 Å². The maximum Gasteiger partial charge on any atom is 0.405 e. The molecule has 96 valence electrons. The molecule has 1 heterocycles. The molecule has 0 radical (unpaired) electrons. The van der Waals surface area contributed by atoms with E-state index in [9.17, 15) is 18.0 Å². The van der Waals surface area contributed by atoms with Gasteiger partial charge in [-0.05, 0) is 19.1 Å². The Morgan fingerprint density at radius 3 is 2.65 bits per heavy atom. The third-order valence-electron chi connectivity index (χ3n) is 1.82. The first-order valence-electron chi connectivity index (χ1n) is 4.64. The summed E-state index contributed by atoms with van der Waals surface area (Å²) >= 11 is 6.97. The largest absolute Gasteiger partial charge is 0.405 e. The number of nitrogens with one attached hydrogen (secondary N) is 2. The fourth-order valence-corrected chi connectivity index (χ4v) is 2.12. The van der Waals surface area contributed by atoms with E-state index in [-0.39, 0.29) is 6.04 Å². The van der Waals surface area contributed by atoms with Crippen LogP contribution in [0.2, 0.25) is 4.34 Å². The molecule has 0 bridgehead atoms. The lowest BCUT2D eigenvalue weighted by atomic mass is 10.3. The van der Waals surface area contributed by atoms with E-state index in [1.165, 1.54) is 11.3 Å². The van der Waals surface area contributed by atoms with Crippen molar-refractivity contribution in [3.63, 3.8) is 0 Å². The second kappa shape index (κ2) is 5.59. The summed E-state index contributed by atoms with van der Waals surface area (Å²) in [6.07, 6.45) is -4.41. The average molecular weight is 287 g/mol. The summed E-state index contributed by atoms with van der Waals surface area (Å²) in [6.45, 7) is 0.312. The number of alkyl halides is 3. The SMILES string of the molecule is CC(NC(=O)NCC(F)(F)F)c1ccc(Cl)s1. The third-order valence-corrected chi connectivity index (χ3v) is 3.23. The number of halogens is 4. The van der Waals surface area contributed by atoms with Crippen LogP contribution in [-0.4, -0.2) is 18.8 Å². The zero-order chi connectivity index (χ0) is 13.1. The maximum atomic E-state index is 11.8. The highest BCUT2D eigenvalue weighted by Gasteiger charge is 2.27. The predicted octanol–water partition coefficient (Wildman–Crippen LogP) is 3.32. The molecular formula is C9H10ClF3N2OS. The molecule has 0 aliphatic rings. The van der Waals surface area contributed by atoms with Crippen molar-refractivity contribution >= 4 is 29.0 Å². The minimum Gasteiger partial charge on any atom is -0.331 e. The maximum absolute atomic E-state index is 11.8. The average Bonchev–Trinajstić information content (AvgIpc) is 2.61. The number of carbonyl (C=O) groups is 1. The lowest BCUT2D eigenvalue weighted by molar-refractivity contribution is -0.122. The number of carbonyl (C=O) groups excluding carboxylic acids is 1. The zero-order valence-electron chi connectivity index (χ0n) is 8.77. The minimum absolute atomic E-state index is 0.388. The summed E-state index contributed by atoms with van der Waals surface area (Å²) in [5.41, 5.74) is 0. The van der Waals surface area contributed by atoms with Crippen LogP contribution in [0.25, 0.3) is 0 Å². The molecule has 1 atom stereocenters. The summed E-state index contributed by atoms with van der Waals surface area (Å²) in [5.74, 6) is 0. The molecule has 0 aliphatic carbocycles. The fourth-order valence-electron chi connectivity index (χ4n) is 1.06. The summed E-state index contributed by atoms with van der Waals surface area (Å²) < 4.78 is 36.0. The van der Waals surface area contributed by atoms with Gasteiger partial charge in [-0.3, -0.25) is 0 Å². The lowest BCUT2D eigenvalue weighted by Gasteiger charge is -2.14. The van der Waals surface area contributed by atoms with Crippen LogP contribution in [0.5, 0.6) is 0 Å². The van der Waals surface area contributed by atoms with Crippen LogP contribution in [0.4, 0.5) is 18.0 Å². The van der Waals surface area contributed by atoms with Crippen LogP contribution in [0.3, 0.4) is 0 Å². The van der Waals surface area contributed by atoms with Gasteiger partial charge < -0.3 is 10.6 Å². The first-order valence-corrected chi connectivity index (χ1v) is 5.84. The Morgan fingerprint density at radius 1 is 1.53 bits per heavy atom. The number of rotatable bonds is 3. The van der Waals surface area contributed by atoms with Gasteiger partial charge in [0.2, 0.25) is 0 Å². The van der Waals surface area contributed by atoms with Crippen molar-refractivity contribution < 1.29 is 18.0 Å². The van der Waals surface area contributed by atoms with Gasteiger partial charge >= 0.3 is 12.2 Å². The molecule has 8 heteroatoms. The van der Waals surface area contributed by atoms with Crippen molar-refractivity contribution in [1.29, 1.82) is 0 Å². The molecule has 0 saturated heterocycles. The Morgan fingerprint density at radius 2 is 2.18 bits per heavy atom. The topological polar surface area (TPSA) is 41.1 Å². The summed E-state index contributed by atoms with van der Waals surface area (Å²) in [6, 6.07) is 2.12. The van der Waals surface area contributed by atoms with E-state index >= 15 is 0 Å². The van der Waals surface area contributed by atoms with E-state index in [2.05, 4.69) is 5.32 Å². The van der Waals surface area contributed by atoms with Crippen LogP contribution in [-0.2, 0) is 0 Å². The Labute approximate surface area is 105 Å². The summed E-state index contributed by atoms with van der Waals surface area (Å²) in [5, 5.41) is 4.11. The molecule has 1 aromatic heterocycles. The number of urea groups is 1. The molecule has 0 aliphatic heterocycles. The molecule has 3 nitrogen and oxygen atoms in total. The van der Waals surface area contributed by atoms with E-state index in [4.69, 9.17) is 11.6 Å². The number of amides is 2. The van der Waals surface area contributed by atoms with Gasteiger partial charge in [0.05, 0.1) is 10.4 Å². The van der Waals surface area contributed by atoms with Crippen LogP contribution in [0, 0.1) is 0 Å². The molecule has 1 rings (SSSR count). The van der Waals surface area contributed by atoms with Gasteiger partial charge in [0.25, 0.3) is 0 Å². The monoisotopic (exact) mass is 286 g/mol. The van der Waals surface area contributed by atoms with Gasteiger partial charge in [-0.15, -0.1) is 11.3 Å². The van der Waals surface area contributed by atoms with Gasteiger partial charge in [-0.2, -0.15) is 13.2 Å². The summed E-state index contributed by atoms with van der Waals surface area (Å²) in [7, 11) is 0. The van der Waals surface area contributed by atoms with Crippen molar-refractivity contribution in [1.82, 2.24) is 10.6 Å². The zero-order valence-corrected chi connectivity index (χ0v) is 10.3. The van der Waals surface area contributed by atoms with Crippen LogP contribution < -0.4 is 10.6 Å². The lowest BCUT2D eigenvalue weighted by Crippen LogP contribution is -2.41. The Hall–Kier alpha value is -0.950. The molecule has 1 aromatic rings. The Balaban J connectivity index is 2.41. The van der Waals surface area contributed by atoms with Crippen molar-refractivity contribution in [2.75, 3.05) is 6.54 Å². The van der Waals surface area contributed by atoms with Crippen molar-refractivity contribution in [3.05, 3.63) is 21.3 Å². The first kappa shape index (κ1) is 14.1. The molecule has 0 saturated carbocycles. The molecule has 0 aromatic carbocycles. The molecule has 0 spiro atoms. The highest BCUT2D eigenvalue weighted by Crippen LogP contribution is 2.26. The second-order valence-corrected chi connectivity index (χ2v) is 5.05. The van der Waals surface area contributed by atoms with Gasteiger partial charge in [0.15, 0.2) is 0 Å². The van der Waals surface area contributed by atoms with Crippen LogP contribution in [0.15, 0.2) is 12.1 Å². The number of hydrogen-bond acceptors (Lipinski definition) is 2. The number of hydrogen-bond donors (Lipinski definition) is 2. The molecule has 2 amide bonds. The van der Waals surface area contributed by atoms with Gasteiger partial charge in [0.1, 0.15) is 6.54 Å². The molecule has 17 heavy (non-hydrogen) atoms. The number of thiophene rings is 1. The van der Waals surface area contributed by atoms with Crippen LogP contribution in [0.1, 0.15) is 17.8 Å². The van der Waals surface area contributed by atoms with E-state index in [1.54, 1.807) is 24.4 Å². The molecular weight excluding hydrogens is 277 g/mol. The smallest absolute Gasteiger partial charge is 0.331 e. The fraction of sp³-hybridized carbons (Fsp3) is 0.444. The van der Waals surface area contributed by atoms with E-state index in [0.29, 0.717) is 4.34 Å². The minimum atomic E-state index is -4.41. The third kappa shape index (κ3) is 5.27. The quantitative estimate of drug-likeness (QED) is 0.879. The molecule has 1 unspecified atom stereocenters. The highest BCUT2D eigenvalue weighted by atomic mass is 35.5. The van der Waals surface area contributed by atoms with Crippen LogP contribution >= 0.6 is 22.9 Å². The highest BCUT2D eigenvalue weighted by molar-refractivity contribution is 7.16. The van der Waals surface area contributed by atoms with Crippen molar-refractivity contribution in [3.8, 4) is 0 Å². The Kier molecular flexibility index (Phi) is 4.64. The predicted molar refractivity (Wildman–Crippen MR) is 60.3 cm³/mol. The van der Waals surface area contributed by atoms with E-state index in [0.717, 1.165) is 4.88 Å². The standard InChI is InChI=1S/C9H10ClF3N2OS/c1-5(6-2-3-7(10)17-6)15-8(16)14-4-9(11,12)13/h2-3,5H,4H2,1H3,(H2,14,15,16). The Bertz CT molecular complexity index is 394. The van der Waals surface area contributed by atoms with Crippen molar-refractivity contribution in [2.45, 2.75) is 19.1 Å². The molecule has 0 fully saturated rings. The second-order valence-electron chi connectivity index (χ2n) is 3.31.